The highest BCUT2D eigenvalue weighted by Gasteiger charge is 2.36. The summed E-state index contributed by atoms with van der Waals surface area (Å²) >= 11 is 5.64. The van der Waals surface area contributed by atoms with Crippen LogP contribution in [0.2, 0.25) is 5.15 Å². The maximum Gasteiger partial charge on any atom is 0.489 e. The Morgan fingerprint density at radius 3 is 2.45 bits per heavy atom. The number of imidazole rings is 1. The van der Waals surface area contributed by atoms with E-state index in [1.807, 2.05) is 0 Å². The fourth-order valence-electron chi connectivity index (χ4n) is 1.62. The number of aromatic nitrogens is 2. The normalized spacial score (nSPS) is 11.9. The number of halogens is 4. The lowest BCUT2D eigenvalue weighted by Gasteiger charge is -2.10. The number of carbonyl (C=O) groups is 1. The van der Waals surface area contributed by atoms with Crippen LogP contribution in [0, 0.1) is 0 Å². The van der Waals surface area contributed by atoms with Gasteiger partial charge in [-0.05, 0) is 11.5 Å². The Morgan fingerprint density at radius 1 is 1.40 bits per heavy atom. The van der Waals surface area contributed by atoms with Crippen molar-refractivity contribution in [1.82, 2.24) is 9.38 Å². The molecule has 0 unspecified atom stereocenters. The van der Waals surface area contributed by atoms with Gasteiger partial charge in [-0.25, -0.2) is 9.78 Å². The van der Waals surface area contributed by atoms with Gasteiger partial charge in [0.15, 0.2) is 11.3 Å². The summed E-state index contributed by atoms with van der Waals surface area (Å²) in [6.07, 6.45) is -3.99. The number of rotatable bonds is 2. The summed E-state index contributed by atoms with van der Waals surface area (Å²) in [5.41, 5.74) is -3.32. The minimum absolute atomic E-state index is 0.467. The van der Waals surface area contributed by atoms with Crippen molar-refractivity contribution in [3.05, 3.63) is 28.7 Å². The third-order valence-electron chi connectivity index (χ3n) is 2.49. The van der Waals surface area contributed by atoms with E-state index >= 15 is 0 Å². The van der Waals surface area contributed by atoms with Crippen LogP contribution >= 0.6 is 11.6 Å². The Morgan fingerprint density at radius 2 is 2.00 bits per heavy atom. The number of hydrogen-bond acceptors (Lipinski definition) is 4. The Labute approximate surface area is 114 Å². The third-order valence-corrected chi connectivity index (χ3v) is 2.85. The van der Waals surface area contributed by atoms with Crippen molar-refractivity contribution in [3.63, 3.8) is 0 Å². The molecule has 2 heterocycles. The lowest BCUT2D eigenvalue weighted by atomic mass is 9.81. The van der Waals surface area contributed by atoms with Gasteiger partial charge < -0.3 is 15.2 Å². The molecule has 2 aromatic heterocycles. The van der Waals surface area contributed by atoms with Crippen LogP contribution in [0.25, 0.3) is 5.65 Å². The molecule has 0 aliphatic rings. The van der Waals surface area contributed by atoms with Crippen molar-refractivity contribution in [1.29, 1.82) is 0 Å². The molecule has 6 nitrogen and oxygen atoms in total. The van der Waals surface area contributed by atoms with Crippen molar-refractivity contribution >= 4 is 35.8 Å². The molecule has 0 radical (unpaired) electrons. The molecule has 0 atom stereocenters. The quantitative estimate of drug-likeness (QED) is 0.697. The van der Waals surface area contributed by atoms with Gasteiger partial charge in [0, 0.05) is 6.20 Å². The maximum absolute atomic E-state index is 12.9. The Balaban J connectivity index is 2.89. The van der Waals surface area contributed by atoms with Crippen molar-refractivity contribution in [2.24, 2.45) is 0 Å². The summed E-state index contributed by atoms with van der Waals surface area (Å²) in [5, 5.41) is 26.2. The molecule has 20 heavy (non-hydrogen) atoms. The monoisotopic (exact) mass is 308 g/mol. The summed E-state index contributed by atoms with van der Waals surface area (Å²) in [7, 11) is -2.17. The number of carboxylic acids is 1. The molecule has 0 fully saturated rings. The van der Waals surface area contributed by atoms with Crippen LogP contribution in [0.3, 0.4) is 0 Å². The topological polar surface area (TPSA) is 95.1 Å². The van der Waals surface area contributed by atoms with E-state index in [1.54, 1.807) is 0 Å². The van der Waals surface area contributed by atoms with Crippen LogP contribution in [0.5, 0.6) is 0 Å². The summed E-state index contributed by atoms with van der Waals surface area (Å²) < 4.78 is 39.3. The first kappa shape index (κ1) is 14.6. The molecule has 2 aromatic rings. The molecule has 0 saturated heterocycles. The standard InChI is InChI=1S/C9H5BClF3N2O4/c11-6-5(8(17)18)15-7-4(9(12,13)14)1-3(10(19)20)2-16(6)7/h1-2,19-20H,(H,17,18). The van der Waals surface area contributed by atoms with Gasteiger partial charge in [-0.1, -0.05) is 11.6 Å². The molecule has 0 saturated carbocycles. The van der Waals surface area contributed by atoms with E-state index in [2.05, 4.69) is 4.98 Å². The van der Waals surface area contributed by atoms with Crippen LogP contribution in [0.15, 0.2) is 12.3 Å². The lowest BCUT2D eigenvalue weighted by molar-refractivity contribution is -0.136. The summed E-state index contributed by atoms with van der Waals surface area (Å²) in [6.45, 7) is 0. The van der Waals surface area contributed by atoms with Crippen LogP contribution in [0.1, 0.15) is 16.1 Å². The number of nitrogens with zero attached hydrogens (tertiary/aromatic N) is 2. The highest BCUT2D eigenvalue weighted by atomic mass is 35.5. The van der Waals surface area contributed by atoms with E-state index in [-0.39, 0.29) is 0 Å². The molecule has 11 heteroatoms. The molecule has 0 aliphatic carbocycles. The van der Waals surface area contributed by atoms with Crippen molar-refractivity contribution in [2.45, 2.75) is 6.18 Å². The average molecular weight is 308 g/mol. The molecule has 0 aromatic carbocycles. The maximum atomic E-state index is 12.9. The Hall–Kier alpha value is -1.78. The van der Waals surface area contributed by atoms with Gasteiger partial charge in [0.05, 0.1) is 5.56 Å². The van der Waals surface area contributed by atoms with Gasteiger partial charge >= 0.3 is 19.3 Å². The van der Waals surface area contributed by atoms with E-state index in [1.165, 1.54) is 0 Å². The zero-order chi connectivity index (χ0) is 15.2. The van der Waals surface area contributed by atoms with E-state index in [0.29, 0.717) is 10.5 Å². The average Bonchev–Trinajstić information content (AvgIpc) is 2.64. The highest BCUT2D eigenvalue weighted by molar-refractivity contribution is 6.58. The first-order valence-corrected chi connectivity index (χ1v) is 5.39. The van der Waals surface area contributed by atoms with Gasteiger partial charge in [-0.15, -0.1) is 0 Å². The highest BCUT2D eigenvalue weighted by Crippen LogP contribution is 2.33. The predicted molar refractivity (Wildman–Crippen MR) is 62.0 cm³/mol. The van der Waals surface area contributed by atoms with E-state index in [4.69, 9.17) is 26.8 Å². The number of carboxylic acid groups (broad SMARTS) is 1. The summed E-state index contributed by atoms with van der Waals surface area (Å²) in [5.74, 6) is -1.60. The second kappa shape index (κ2) is 4.65. The zero-order valence-corrected chi connectivity index (χ0v) is 10.1. The van der Waals surface area contributed by atoms with Gasteiger partial charge in [0.2, 0.25) is 0 Å². The number of alkyl halides is 3. The smallest absolute Gasteiger partial charge is 0.476 e. The van der Waals surface area contributed by atoms with Gasteiger partial charge in [-0.3, -0.25) is 4.40 Å². The van der Waals surface area contributed by atoms with Crippen LogP contribution in [-0.4, -0.2) is 37.6 Å². The first-order valence-electron chi connectivity index (χ1n) is 5.01. The largest absolute Gasteiger partial charge is 0.489 e. The summed E-state index contributed by atoms with van der Waals surface area (Å²) in [6, 6.07) is 0.467. The van der Waals surface area contributed by atoms with Crippen molar-refractivity contribution in [2.75, 3.05) is 0 Å². The van der Waals surface area contributed by atoms with Crippen LogP contribution < -0.4 is 5.46 Å². The number of aromatic carboxylic acids is 1. The van der Waals surface area contributed by atoms with E-state index < -0.39 is 46.8 Å². The SMILES string of the molecule is O=C(O)c1nc2c(C(F)(F)F)cc(B(O)O)cn2c1Cl. The van der Waals surface area contributed by atoms with Gasteiger partial charge in [-0.2, -0.15) is 13.2 Å². The molecule has 3 N–H and O–H groups in total. The Bertz CT molecular complexity index is 701. The second-order valence-electron chi connectivity index (χ2n) is 3.81. The predicted octanol–water partition coefficient (Wildman–Crippen LogP) is 0.384. The molecular formula is C9H5BClF3N2O4. The fraction of sp³-hybridized carbons (Fsp3) is 0.111. The number of hydrogen-bond donors (Lipinski definition) is 3. The van der Waals surface area contributed by atoms with E-state index in [9.17, 15) is 18.0 Å². The minimum Gasteiger partial charge on any atom is -0.476 e. The second-order valence-corrected chi connectivity index (χ2v) is 4.17. The molecular weight excluding hydrogens is 303 g/mol. The first-order chi connectivity index (χ1) is 9.12. The molecule has 0 spiro atoms. The minimum atomic E-state index is -4.86. The van der Waals surface area contributed by atoms with Gasteiger partial charge in [0.25, 0.3) is 0 Å². The van der Waals surface area contributed by atoms with Crippen LogP contribution in [0.4, 0.5) is 13.2 Å². The van der Waals surface area contributed by atoms with Crippen molar-refractivity contribution in [3.8, 4) is 0 Å². The molecule has 2 rings (SSSR count). The van der Waals surface area contributed by atoms with E-state index in [0.717, 1.165) is 6.20 Å². The zero-order valence-electron chi connectivity index (χ0n) is 9.39. The van der Waals surface area contributed by atoms with Crippen LogP contribution in [-0.2, 0) is 6.18 Å². The Kier molecular flexibility index (Phi) is 3.40. The molecule has 0 aliphatic heterocycles. The summed E-state index contributed by atoms with van der Waals surface area (Å²) in [4.78, 5) is 14.2. The molecule has 0 bridgehead atoms. The van der Waals surface area contributed by atoms with Gasteiger partial charge in [0.1, 0.15) is 5.15 Å². The molecule has 0 amide bonds. The van der Waals surface area contributed by atoms with Crippen molar-refractivity contribution < 1.29 is 33.1 Å². The fourth-order valence-corrected chi connectivity index (χ4v) is 1.88. The number of pyridine rings is 1. The molecule has 106 valence electrons. The lowest BCUT2D eigenvalue weighted by Crippen LogP contribution is -2.32. The number of fused-ring (bicyclic) bond motifs is 1. The third kappa shape index (κ3) is 2.32.